The zero-order valence-corrected chi connectivity index (χ0v) is 23.4. The lowest BCUT2D eigenvalue weighted by atomic mass is 10.2. The summed E-state index contributed by atoms with van der Waals surface area (Å²) in [7, 11) is 3.05. The molecule has 1 amide bonds. The van der Waals surface area contributed by atoms with Crippen molar-refractivity contribution in [2.24, 2.45) is 0 Å². The Hall–Kier alpha value is -4.33. The maximum Gasteiger partial charge on any atom is 0.416 e. The van der Waals surface area contributed by atoms with Gasteiger partial charge in [0.2, 0.25) is 5.91 Å². The number of thioether (sulfide) groups is 1. The van der Waals surface area contributed by atoms with Gasteiger partial charge in [-0.2, -0.15) is 22.8 Å². The second kappa shape index (κ2) is 11.3. The Kier molecular flexibility index (Phi) is 7.76. The number of hydrogen-bond donors (Lipinski definition) is 1. The fourth-order valence-corrected chi connectivity index (χ4v) is 5.10. The quantitative estimate of drug-likeness (QED) is 0.188. The zero-order chi connectivity index (χ0) is 29.3. The Morgan fingerprint density at radius 2 is 1.78 bits per heavy atom. The fourth-order valence-electron chi connectivity index (χ4n) is 4.36. The molecule has 1 N–H and O–H groups in total. The minimum absolute atomic E-state index is 0.0473. The first kappa shape index (κ1) is 28.2. The molecule has 10 nitrogen and oxygen atoms in total. The molecule has 0 aliphatic rings. The van der Waals surface area contributed by atoms with E-state index in [2.05, 4.69) is 15.5 Å². The molecule has 0 spiro atoms. The van der Waals surface area contributed by atoms with Gasteiger partial charge in [-0.25, -0.2) is 9.97 Å². The number of halogens is 3. The Bertz CT molecular complexity index is 1750. The maximum absolute atomic E-state index is 13.1. The minimum atomic E-state index is -4.51. The lowest BCUT2D eigenvalue weighted by molar-refractivity contribution is -0.137. The van der Waals surface area contributed by atoms with E-state index in [1.165, 1.54) is 26.4 Å². The van der Waals surface area contributed by atoms with Gasteiger partial charge >= 0.3 is 6.18 Å². The number of nitrogens with one attached hydrogen (secondary N) is 1. The van der Waals surface area contributed by atoms with Crippen molar-refractivity contribution >= 4 is 39.9 Å². The van der Waals surface area contributed by atoms with Crippen molar-refractivity contribution in [1.29, 1.82) is 0 Å². The second-order valence-corrected chi connectivity index (χ2v) is 10.1. The monoisotopic (exact) mass is 585 g/mol. The third kappa shape index (κ3) is 6.06. The van der Waals surface area contributed by atoms with Crippen LogP contribution in [0, 0.1) is 13.8 Å². The number of amides is 1. The molecule has 2 aromatic carbocycles. The van der Waals surface area contributed by atoms with Crippen LogP contribution in [0.2, 0.25) is 0 Å². The first-order valence-electron chi connectivity index (χ1n) is 12.5. The number of alkyl halides is 3. The van der Waals surface area contributed by atoms with Gasteiger partial charge in [0.05, 0.1) is 36.7 Å². The molecule has 0 saturated heterocycles. The van der Waals surface area contributed by atoms with Crippen LogP contribution in [0.1, 0.15) is 22.8 Å². The highest BCUT2D eigenvalue weighted by molar-refractivity contribution is 7.99. The van der Waals surface area contributed by atoms with Crippen LogP contribution in [0.3, 0.4) is 0 Å². The number of rotatable bonds is 9. The van der Waals surface area contributed by atoms with E-state index in [0.717, 1.165) is 35.3 Å². The molecule has 0 aliphatic carbocycles. The number of benzene rings is 2. The van der Waals surface area contributed by atoms with Crippen molar-refractivity contribution in [3.8, 4) is 11.5 Å². The van der Waals surface area contributed by atoms with Crippen LogP contribution in [-0.2, 0) is 23.9 Å². The van der Waals surface area contributed by atoms with Crippen LogP contribution in [0.25, 0.3) is 16.6 Å². The molecule has 214 valence electrons. The maximum atomic E-state index is 13.1. The number of ether oxygens (including phenoxy) is 2. The lowest BCUT2D eigenvalue weighted by Gasteiger charge is -2.11. The second-order valence-electron chi connectivity index (χ2n) is 9.20. The molecule has 3 heterocycles. The van der Waals surface area contributed by atoms with Gasteiger partial charge < -0.3 is 14.8 Å². The van der Waals surface area contributed by atoms with E-state index in [0.29, 0.717) is 52.0 Å². The summed E-state index contributed by atoms with van der Waals surface area (Å²) >= 11 is 1.08. The Morgan fingerprint density at radius 3 is 2.46 bits per heavy atom. The van der Waals surface area contributed by atoms with Gasteiger partial charge in [-0.3, -0.25) is 9.48 Å². The first-order chi connectivity index (χ1) is 19.5. The predicted octanol–water partition coefficient (Wildman–Crippen LogP) is 5.10. The van der Waals surface area contributed by atoms with E-state index >= 15 is 0 Å². The molecule has 3 aromatic heterocycles. The highest BCUT2D eigenvalue weighted by Crippen LogP contribution is 2.35. The third-order valence-corrected chi connectivity index (χ3v) is 7.18. The van der Waals surface area contributed by atoms with E-state index in [-0.39, 0.29) is 11.4 Å². The molecule has 5 aromatic rings. The molecular formula is C27H26F3N7O3S. The average molecular weight is 586 g/mol. The van der Waals surface area contributed by atoms with E-state index in [9.17, 15) is 18.0 Å². The number of carbonyl (C=O) groups is 1. The van der Waals surface area contributed by atoms with E-state index < -0.39 is 17.6 Å². The SMILES string of the molecule is COc1cc2nc(SCC(=O)Nc3cccc(C(F)(F)F)c3)n3nc(CCn4nc(C)cc4C)nc3c2cc1OC. The zero-order valence-electron chi connectivity index (χ0n) is 22.6. The molecule has 0 aliphatic heterocycles. The van der Waals surface area contributed by atoms with Crippen LogP contribution in [0.4, 0.5) is 18.9 Å². The molecule has 0 bridgehead atoms. The van der Waals surface area contributed by atoms with Gasteiger partial charge in [-0.05, 0) is 44.2 Å². The summed E-state index contributed by atoms with van der Waals surface area (Å²) in [6, 6.07) is 9.95. The van der Waals surface area contributed by atoms with Crippen molar-refractivity contribution in [2.75, 3.05) is 25.3 Å². The van der Waals surface area contributed by atoms with E-state index in [1.54, 1.807) is 16.6 Å². The minimum Gasteiger partial charge on any atom is -0.493 e. The van der Waals surface area contributed by atoms with Gasteiger partial charge in [0, 0.05) is 35.8 Å². The van der Waals surface area contributed by atoms with Crippen molar-refractivity contribution in [1.82, 2.24) is 29.4 Å². The molecule has 0 atom stereocenters. The number of carbonyl (C=O) groups excluding carboxylic acids is 1. The van der Waals surface area contributed by atoms with Crippen LogP contribution in [0.5, 0.6) is 11.5 Å². The van der Waals surface area contributed by atoms with Crippen molar-refractivity contribution in [3.05, 3.63) is 65.2 Å². The number of fused-ring (bicyclic) bond motifs is 3. The van der Waals surface area contributed by atoms with E-state index in [1.807, 2.05) is 24.6 Å². The molecule has 0 fully saturated rings. The Labute approximate surface area is 236 Å². The lowest BCUT2D eigenvalue weighted by Crippen LogP contribution is -2.15. The number of anilines is 1. The number of methoxy groups -OCH3 is 2. The van der Waals surface area contributed by atoms with Crippen molar-refractivity contribution in [3.63, 3.8) is 0 Å². The van der Waals surface area contributed by atoms with Crippen LogP contribution in [-0.4, -0.2) is 55.2 Å². The molecular weight excluding hydrogens is 559 g/mol. The van der Waals surface area contributed by atoms with Gasteiger partial charge in [0.25, 0.3) is 0 Å². The highest BCUT2D eigenvalue weighted by atomic mass is 32.2. The van der Waals surface area contributed by atoms with E-state index in [4.69, 9.17) is 19.4 Å². The summed E-state index contributed by atoms with van der Waals surface area (Å²) in [6.07, 6.45) is -4.02. The largest absolute Gasteiger partial charge is 0.493 e. The Balaban J connectivity index is 1.45. The molecule has 0 saturated carbocycles. The summed E-state index contributed by atoms with van der Waals surface area (Å²) in [5.41, 5.74) is 2.21. The summed E-state index contributed by atoms with van der Waals surface area (Å²) < 4.78 is 53.5. The van der Waals surface area contributed by atoms with Crippen LogP contribution in [0.15, 0.2) is 47.6 Å². The summed E-state index contributed by atoms with van der Waals surface area (Å²) in [5.74, 6) is 0.896. The molecule has 41 heavy (non-hydrogen) atoms. The highest BCUT2D eigenvalue weighted by Gasteiger charge is 2.30. The van der Waals surface area contributed by atoms with Crippen molar-refractivity contribution in [2.45, 2.75) is 38.1 Å². The van der Waals surface area contributed by atoms with Crippen LogP contribution < -0.4 is 14.8 Å². The number of aryl methyl sites for hydroxylation is 4. The summed E-state index contributed by atoms with van der Waals surface area (Å²) in [4.78, 5) is 22.2. The van der Waals surface area contributed by atoms with Gasteiger partial charge in [-0.1, -0.05) is 17.8 Å². The summed E-state index contributed by atoms with van der Waals surface area (Å²) in [5, 5.41) is 12.7. The first-order valence-corrected chi connectivity index (χ1v) is 13.5. The number of aromatic nitrogens is 6. The molecule has 5 rings (SSSR count). The molecule has 0 unspecified atom stereocenters. The molecule has 14 heteroatoms. The smallest absolute Gasteiger partial charge is 0.416 e. The molecule has 0 radical (unpaired) electrons. The van der Waals surface area contributed by atoms with Crippen LogP contribution >= 0.6 is 11.8 Å². The average Bonchev–Trinajstić information content (AvgIpc) is 3.51. The van der Waals surface area contributed by atoms with Gasteiger partial charge in [0.1, 0.15) is 0 Å². The third-order valence-electron chi connectivity index (χ3n) is 6.25. The van der Waals surface area contributed by atoms with Gasteiger partial charge in [0.15, 0.2) is 28.1 Å². The van der Waals surface area contributed by atoms with Crippen molar-refractivity contribution < 1.29 is 27.4 Å². The number of nitrogens with zero attached hydrogens (tertiary/aromatic N) is 6. The standard InChI is InChI=1S/C27H26F3N7O3S/c1-15-10-16(2)36(34-15)9-8-23-33-25-19-12-21(39-3)22(40-4)13-20(19)32-26(37(25)35-23)41-14-24(38)31-18-7-5-6-17(11-18)27(28,29)30/h5-7,10-13H,8-9,14H2,1-4H3,(H,31,38). The normalized spacial score (nSPS) is 11.8. The Morgan fingerprint density at radius 1 is 1.02 bits per heavy atom. The summed E-state index contributed by atoms with van der Waals surface area (Å²) in [6.45, 7) is 4.48. The van der Waals surface area contributed by atoms with Gasteiger partial charge in [-0.15, -0.1) is 5.10 Å². The predicted molar refractivity (Wildman–Crippen MR) is 148 cm³/mol. The topological polar surface area (TPSA) is 108 Å². The number of hydrogen-bond acceptors (Lipinski definition) is 8. The fraction of sp³-hybridized carbons (Fsp3) is 0.296.